The monoisotopic (exact) mass is 392 g/mol. The zero-order chi connectivity index (χ0) is 19.6. The summed E-state index contributed by atoms with van der Waals surface area (Å²) < 4.78 is 32.0. The molecule has 0 spiro atoms. The van der Waals surface area contributed by atoms with Crippen molar-refractivity contribution in [1.29, 1.82) is 0 Å². The molecule has 1 aromatic carbocycles. The molecule has 1 saturated heterocycles. The third kappa shape index (κ3) is 4.30. The van der Waals surface area contributed by atoms with Crippen LogP contribution in [0.25, 0.3) is 0 Å². The molecule has 3 rings (SSSR count). The molecule has 8 nitrogen and oxygen atoms in total. The summed E-state index contributed by atoms with van der Waals surface area (Å²) in [6.45, 7) is 6.99. The van der Waals surface area contributed by atoms with Crippen molar-refractivity contribution in [1.82, 2.24) is 14.4 Å². The lowest BCUT2D eigenvalue weighted by atomic mass is 10.0. The number of hydrogen-bond donors (Lipinski definition) is 1. The van der Waals surface area contributed by atoms with Gasteiger partial charge in [0.1, 0.15) is 5.76 Å². The Hall–Kier alpha value is -2.39. The number of rotatable bonds is 4. The van der Waals surface area contributed by atoms with E-state index in [1.165, 1.54) is 4.31 Å². The quantitative estimate of drug-likeness (QED) is 0.863. The Balaban J connectivity index is 1.61. The number of nitrogens with zero attached hydrogens (tertiary/aromatic N) is 3. The average Bonchev–Trinajstić information content (AvgIpc) is 3.06. The molecule has 2 amide bonds. The van der Waals surface area contributed by atoms with Crippen LogP contribution < -0.4 is 5.32 Å². The highest BCUT2D eigenvalue weighted by atomic mass is 32.2. The highest BCUT2D eigenvalue weighted by Crippen LogP contribution is 2.21. The van der Waals surface area contributed by atoms with Crippen molar-refractivity contribution in [3.8, 4) is 0 Å². The molecule has 0 unspecified atom stereocenters. The minimum Gasteiger partial charge on any atom is -0.360 e. The van der Waals surface area contributed by atoms with Crippen LogP contribution in [0, 0.1) is 6.92 Å². The first-order chi connectivity index (χ1) is 12.8. The number of benzene rings is 1. The van der Waals surface area contributed by atoms with Crippen LogP contribution in [-0.2, 0) is 10.0 Å². The van der Waals surface area contributed by atoms with Crippen molar-refractivity contribution >= 4 is 21.9 Å². The van der Waals surface area contributed by atoms with Gasteiger partial charge in [-0.2, -0.15) is 4.31 Å². The van der Waals surface area contributed by atoms with Gasteiger partial charge < -0.3 is 9.42 Å². The normalized spacial score (nSPS) is 15.9. The van der Waals surface area contributed by atoms with Gasteiger partial charge in [0.2, 0.25) is 10.0 Å². The molecule has 1 aliphatic heterocycles. The number of anilines is 1. The summed E-state index contributed by atoms with van der Waals surface area (Å²) in [6.07, 6.45) is 0. The fourth-order valence-corrected chi connectivity index (χ4v) is 4.34. The number of nitrogens with one attached hydrogen (secondary N) is 1. The van der Waals surface area contributed by atoms with Crippen LogP contribution in [0.1, 0.15) is 31.1 Å². The summed E-state index contributed by atoms with van der Waals surface area (Å²) in [5, 5.41) is 6.37. The summed E-state index contributed by atoms with van der Waals surface area (Å²) >= 11 is 0. The Labute approximate surface area is 159 Å². The molecule has 146 valence electrons. The Morgan fingerprint density at radius 3 is 2.30 bits per heavy atom. The van der Waals surface area contributed by atoms with Gasteiger partial charge in [-0.05, 0) is 30.5 Å². The van der Waals surface area contributed by atoms with E-state index in [-0.39, 0.29) is 24.0 Å². The molecule has 1 N–H and O–H groups in total. The van der Waals surface area contributed by atoms with Gasteiger partial charge >= 0.3 is 6.03 Å². The van der Waals surface area contributed by atoms with Crippen LogP contribution in [0.15, 0.2) is 39.8 Å². The Morgan fingerprint density at radius 2 is 1.78 bits per heavy atom. The summed E-state index contributed by atoms with van der Waals surface area (Å²) in [5.41, 5.74) is 1.10. The zero-order valence-corrected chi connectivity index (χ0v) is 16.5. The second-order valence-electron chi connectivity index (χ2n) is 6.87. The van der Waals surface area contributed by atoms with E-state index in [0.717, 1.165) is 5.56 Å². The smallest absolute Gasteiger partial charge is 0.323 e. The van der Waals surface area contributed by atoms with Crippen LogP contribution in [0.4, 0.5) is 10.6 Å². The van der Waals surface area contributed by atoms with Gasteiger partial charge in [-0.1, -0.05) is 31.1 Å². The SMILES string of the molecule is Cc1cc(NC(=O)N2CCN(S(=O)(=O)c3ccc(C(C)C)cc3)CC2)no1. The molecule has 0 atom stereocenters. The van der Waals surface area contributed by atoms with Crippen molar-refractivity contribution in [3.05, 3.63) is 41.7 Å². The molecule has 0 bridgehead atoms. The van der Waals surface area contributed by atoms with E-state index in [2.05, 4.69) is 24.3 Å². The Kier molecular flexibility index (Phi) is 5.52. The van der Waals surface area contributed by atoms with E-state index in [4.69, 9.17) is 4.52 Å². The number of carbonyl (C=O) groups is 1. The third-order valence-electron chi connectivity index (χ3n) is 4.57. The molecule has 1 aromatic heterocycles. The zero-order valence-electron chi connectivity index (χ0n) is 15.7. The third-order valence-corrected chi connectivity index (χ3v) is 6.49. The number of hydrogen-bond acceptors (Lipinski definition) is 5. The van der Waals surface area contributed by atoms with Crippen molar-refractivity contribution in [2.75, 3.05) is 31.5 Å². The molecular weight excluding hydrogens is 368 g/mol. The molecule has 2 aromatic rings. The summed E-state index contributed by atoms with van der Waals surface area (Å²) in [6, 6.07) is 8.30. The summed E-state index contributed by atoms with van der Waals surface area (Å²) in [4.78, 5) is 14.1. The van der Waals surface area contributed by atoms with Crippen LogP contribution >= 0.6 is 0 Å². The van der Waals surface area contributed by atoms with Crippen LogP contribution in [-0.4, -0.2) is 55.0 Å². The van der Waals surface area contributed by atoms with E-state index in [0.29, 0.717) is 30.6 Å². The fourth-order valence-electron chi connectivity index (χ4n) is 2.92. The van der Waals surface area contributed by atoms with E-state index in [1.807, 2.05) is 12.1 Å². The minimum atomic E-state index is -3.56. The standard InChI is InChI=1S/C18H24N4O4S/c1-13(2)15-4-6-16(7-5-15)27(24,25)22-10-8-21(9-11-22)18(23)19-17-12-14(3)26-20-17/h4-7,12-13H,8-11H2,1-3H3,(H,19,20,23). The Bertz CT molecular complexity index is 898. The first-order valence-electron chi connectivity index (χ1n) is 8.87. The molecule has 9 heteroatoms. The van der Waals surface area contributed by atoms with Gasteiger partial charge in [0.15, 0.2) is 5.82 Å². The van der Waals surface area contributed by atoms with E-state index in [1.54, 1.807) is 30.0 Å². The van der Waals surface area contributed by atoms with Crippen LogP contribution in [0.5, 0.6) is 0 Å². The van der Waals surface area contributed by atoms with Gasteiger partial charge in [-0.15, -0.1) is 0 Å². The van der Waals surface area contributed by atoms with Crippen molar-refractivity contribution < 1.29 is 17.7 Å². The van der Waals surface area contributed by atoms with Gasteiger partial charge in [0.25, 0.3) is 0 Å². The second kappa shape index (κ2) is 7.69. The lowest BCUT2D eigenvalue weighted by molar-refractivity contribution is 0.184. The summed E-state index contributed by atoms with van der Waals surface area (Å²) in [7, 11) is -3.56. The van der Waals surface area contributed by atoms with Gasteiger partial charge in [-0.25, -0.2) is 13.2 Å². The maximum absolute atomic E-state index is 12.8. The molecular formula is C18H24N4O4S. The maximum atomic E-state index is 12.8. The maximum Gasteiger partial charge on any atom is 0.323 e. The predicted octanol–water partition coefficient (Wildman–Crippen LogP) is 2.64. The van der Waals surface area contributed by atoms with Crippen LogP contribution in [0.3, 0.4) is 0 Å². The molecule has 1 fully saturated rings. The number of carbonyl (C=O) groups excluding carboxylic acids is 1. The number of aromatic nitrogens is 1. The van der Waals surface area contributed by atoms with Crippen molar-refractivity contribution in [2.45, 2.75) is 31.6 Å². The molecule has 27 heavy (non-hydrogen) atoms. The van der Waals surface area contributed by atoms with Gasteiger partial charge in [-0.3, -0.25) is 5.32 Å². The largest absolute Gasteiger partial charge is 0.360 e. The number of piperazine rings is 1. The number of amides is 2. The molecule has 2 heterocycles. The number of urea groups is 1. The number of sulfonamides is 1. The Morgan fingerprint density at radius 1 is 1.15 bits per heavy atom. The molecule has 1 aliphatic rings. The van der Waals surface area contributed by atoms with Gasteiger partial charge in [0.05, 0.1) is 4.90 Å². The predicted molar refractivity (Wildman–Crippen MR) is 101 cm³/mol. The summed E-state index contributed by atoms with van der Waals surface area (Å²) in [5.74, 6) is 1.29. The second-order valence-corrected chi connectivity index (χ2v) is 8.81. The van der Waals surface area contributed by atoms with Crippen molar-refractivity contribution in [2.24, 2.45) is 0 Å². The highest BCUT2D eigenvalue weighted by molar-refractivity contribution is 7.89. The first kappa shape index (κ1) is 19.4. The topological polar surface area (TPSA) is 95.8 Å². The minimum absolute atomic E-state index is 0.250. The molecule has 0 radical (unpaired) electrons. The first-order valence-corrected chi connectivity index (χ1v) is 10.3. The molecule has 0 aliphatic carbocycles. The van der Waals surface area contributed by atoms with E-state index >= 15 is 0 Å². The fraction of sp³-hybridized carbons (Fsp3) is 0.444. The van der Waals surface area contributed by atoms with E-state index in [9.17, 15) is 13.2 Å². The number of aryl methyl sites for hydroxylation is 1. The van der Waals surface area contributed by atoms with Crippen molar-refractivity contribution in [3.63, 3.8) is 0 Å². The molecule has 0 saturated carbocycles. The average molecular weight is 392 g/mol. The van der Waals surface area contributed by atoms with Crippen LogP contribution in [0.2, 0.25) is 0 Å². The van der Waals surface area contributed by atoms with Gasteiger partial charge in [0, 0.05) is 32.2 Å². The highest BCUT2D eigenvalue weighted by Gasteiger charge is 2.30. The lowest BCUT2D eigenvalue weighted by Crippen LogP contribution is -2.51. The lowest BCUT2D eigenvalue weighted by Gasteiger charge is -2.33. The van der Waals surface area contributed by atoms with E-state index < -0.39 is 10.0 Å².